The van der Waals surface area contributed by atoms with Gasteiger partial charge in [-0.25, -0.2) is 0 Å². The highest BCUT2D eigenvalue weighted by Gasteiger charge is 2.42. The monoisotopic (exact) mass is 417 g/mol. The Kier molecular flexibility index (Phi) is 8.10. The van der Waals surface area contributed by atoms with Gasteiger partial charge in [-0.1, -0.05) is 18.2 Å². The Labute approximate surface area is 179 Å². The number of hydrogen-bond acceptors (Lipinski definition) is 5. The van der Waals surface area contributed by atoms with Gasteiger partial charge in [0.1, 0.15) is 12.4 Å². The number of carbonyl (C=O) groups is 2. The van der Waals surface area contributed by atoms with E-state index in [9.17, 15) is 9.59 Å². The zero-order valence-corrected chi connectivity index (χ0v) is 18.4. The zero-order valence-electron chi connectivity index (χ0n) is 18.4. The average Bonchev–Trinajstić information content (AvgIpc) is 3.15. The molecule has 1 aliphatic carbocycles. The molecular formula is C23H35N3O4. The van der Waals surface area contributed by atoms with Gasteiger partial charge in [-0.2, -0.15) is 0 Å². The minimum atomic E-state index is -0.208. The Morgan fingerprint density at radius 3 is 2.43 bits per heavy atom. The summed E-state index contributed by atoms with van der Waals surface area (Å²) in [5, 5.41) is 3.03. The molecule has 1 aromatic carbocycles. The molecule has 1 aliphatic heterocycles. The maximum Gasteiger partial charge on any atom is 0.246 e. The first-order chi connectivity index (χ1) is 14.5. The van der Waals surface area contributed by atoms with Crippen LogP contribution in [0.25, 0.3) is 0 Å². The van der Waals surface area contributed by atoms with Crippen molar-refractivity contribution >= 4 is 11.8 Å². The summed E-state index contributed by atoms with van der Waals surface area (Å²) in [6.07, 6.45) is 1.47. The fraction of sp³-hybridized carbons (Fsp3) is 0.652. The lowest BCUT2D eigenvalue weighted by Gasteiger charge is -2.38. The van der Waals surface area contributed by atoms with E-state index in [2.05, 4.69) is 24.1 Å². The smallest absolute Gasteiger partial charge is 0.246 e. The van der Waals surface area contributed by atoms with E-state index in [1.807, 2.05) is 35.2 Å². The van der Waals surface area contributed by atoms with E-state index < -0.39 is 0 Å². The molecule has 1 saturated heterocycles. The molecule has 3 rings (SSSR count). The van der Waals surface area contributed by atoms with Crippen LogP contribution in [0.1, 0.15) is 26.7 Å². The fourth-order valence-electron chi connectivity index (χ4n) is 4.52. The van der Waals surface area contributed by atoms with Gasteiger partial charge >= 0.3 is 0 Å². The normalized spacial score (nSPS) is 24.8. The van der Waals surface area contributed by atoms with E-state index >= 15 is 0 Å². The van der Waals surface area contributed by atoms with Crippen LogP contribution in [-0.2, 0) is 14.3 Å². The third-order valence-electron chi connectivity index (χ3n) is 6.18. The summed E-state index contributed by atoms with van der Waals surface area (Å²) in [5.41, 5.74) is 0. The summed E-state index contributed by atoms with van der Waals surface area (Å²) >= 11 is 0. The quantitative estimate of drug-likeness (QED) is 0.698. The number of ether oxygens (including phenoxy) is 2. The van der Waals surface area contributed by atoms with Gasteiger partial charge in [0.05, 0.1) is 12.5 Å². The van der Waals surface area contributed by atoms with Crippen LogP contribution in [0.15, 0.2) is 30.3 Å². The van der Waals surface area contributed by atoms with Gasteiger partial charge in [-0.3, -0.25) is 14.5 Å². The van der Waals surface area contributed by atoms with Crippen molar-refractivity contribution in [3.63, 3.8) is 0 Å². The molecule has 0 radical (unpaired) electrons. The number of amides is 2. The number of rotatable bonds is 8. The molecule has 7 heteroatoms. The number of piperazine rings is 1. The maximum absolute atomic E-state index is 13.3. The lowest BCUT2D eigenvalue weighted by atomic mass is 10.0. The number of benzene rings is 1. The molecule has 0 spiro atoms. The van der Waals surface area contributed by atoms with Crippen LogP contribution >= 0.6 is 0 Å². The molecule has 2 fully saturated rings. The average molecular weight is 418 g/mol. The summed E-state index contributed by atoms with van der Waals surface area (Å²) in [7, 11) is 1.50. The van der Waals surface area contributed by atoms with Gasteiger partial charge in [0.15, 0.2) is 0 Å². The second kappa shape index (κ2) is 10.8. The van der Waals surface area contributed by atoms with Crippen molar-refractivity contribution in [2.24, 2.45) is 11.8 Å². The third kappa shape index (κ3) is 5.95. The summed E-state index contributed by atoms with van der Waals surface area (Å²) in [4.78, 5) is 29.8. The third-order valence-corrected chi connectivity index (χ3v) is 6.18. The zero-order chi connectivity index (χ0) is 21.5. The second-order valence-corrected chi connectivity index (χ2v) is 8.63. The van der Waals surface area contributed by atoms with E-state index in [-0.39, 0.29) is 36.3 Å². The molecular weight excluding hydrogens is 382 g/mol. The molecule has 0 aromatic heterocycles. The van der Waals surface area contributed by atoms with Gasteiger partial charge < -0.3 is 19.7 Å². The molecule has 1 aromatic rings. The highest BCUT2D eigenvalue weighted by Crippen LogP contribution is 2.33. The second-order valence-electron chi connectivity index (χ2n) is 8.63. The van der Waals surface area contributed by atoms with Crippen LogP contribution in [0.3, 0.4) is 0 Å². The fourth-order valence-corrected chi connectivity index (χ4v) is 4.52. The van der Waals surface area contributed by atoms with E-state index in [1.54, 1.807) is 0 Å². The first-order valence-corrected chi connectivity index (χ1v) is 11.0. The summed E-state index contributed by atoms with van der Waals surface area (Å²) in [6.45, 7) is 8.23. The molecule has 0 unspecified atom stereocenters. The minimum Gasteiger partial charge on any atom is -0.493 e. The van der Waals surface area contributed by atoms with Crippen LogP contribution in [0.5, 0.6) is 5.75 Å². The van der Waals surface area contributed by atoms with Crippen LogP contribution in [0.4, 0.5) is 0 Å². The number of hydrogen-bond donors (Lipinski definition) is 1. The summed E-state index contributed by atoms with van der Waals surface area (Å²) in [6, 6.07) is 10.0. The molecule has 1 saturated carbocycles. The standard InChI is InChI=1S/C23H35N3O4/c1-17(2)25-9-11-26(12-10-25)23(28)20-13-18(14-21(20)24-22(27)16-29-3)15-30-19-7-5-4-6-8-19/h4-8,17-18,20-21H,9-16H2,1-3H3,(H,24,27)/t18-,20-,21-/m1/s1. The summed E-state index contributed by atoms with van der Waals surface area (Å²) < 4.78 is 10.9. The van der Waals surface area contributed by atoms with Crippen molar-refractivity contribution in [1.82, 2.24) is 15.1 Å². The van der Waals surface area contributed by atoms with E-state index in [1.165, 1.54) is 7.11 Å². The number of nitrogens with zero attached hydrogens (tertiary/aromatic N) is 2. The molecule has 30 heavy (non-hydrogen) atoms. The number of nitrogens with one attached hydrogen (secondary N) is 1. The Hall–Kier alpha value is -2.12. The Bertz CT molecular complexity index is 689. The van der Waals surface area contributed by atoms with Crippen molar-refractivity contribution in [1.29, 1.82) is 0 Å². The highest BCUT2D eigenvalue weighted by atomic mass is 16.5. The molecule has 3 atom stereocenters. The first-order valence-electron chi connectivity index (χ1n) is 11.0. The van der Waals surface area contributed by atoms with Crippen LogP contribution in [0, 0.1) is 11.8 Å². The van der Waals surface area contributed by atoms with Gasteiger partial charge in [0.2, 0.25) is 11.8 Å². The Morgan fingerprint density at radius 2 is 1.80 bits per heavy atom. The van der Waals surface area contributed by atoms with Gasteiger partial charge in [-0.15, -0.1) is 0 Å². The first kappa shape index (κ1) is 22.6. The number of methoxy groups -OCH3 is 1. The van der Waals surface area contributed by atoms with Gasteiger partial charge in [-0.05, 0) is 44.7 Å². The largest absolute Gasteiger partial charge is 0.493 e. The van der Waals surface area contributed by atoms with Crippen molar-refractivity contribution < 1.29 is 19.1 Å². The topological polar surface area (TPSA) is 71.1 Å². The number of para-hydroxylation sites is 1. The van der Waals surface area contributed by atoms with Crippen molar-refractivity contribution in [2.75, 3.05) is 46.5 Å². The van der Waals surface area contributed by atoms with Crippen LogP contribution in [0.2, 0.25) is 0 Å². The molecule has 1 N–H and O–H groups in total. The lowest BCUT2D eigenvalue weighted by Crippen LogP contribution is -2.54. The molecule has 166 valence electrons. The molecule has 0 bridgehead atoms. The lowest BCUT2D eigenvalue weighted by molar-refractivity contribution is -0.138. The maximum atomic E-state index is 13.3. The van der Waals surface area contributed by atoms with E-state index in [0.717, 1.165) is 44.8 Å². The predicted octanol–water partition coefficient (Wildman–Crippen LogP) is 1.78. The van der Waals surface area contributed by atoms with Crippen molar-refractivity contribution in [3.05, 3.63) is 30.3 Å². The molecule has 2 aliphatic rings. The van der Waals surface area contributed by atoms with Crippen LogP contribution < -0.4 is 10.1 Å². The predicted molar refractivity (Wildman–Crippen MR) is 115 cm³/mol. The molecule has 7 nitrogen and oxygen atoms in total. The van der Waals surface area contributed by atoms with Crippen LogP contribution in [-0.4, -0.2) is 80.2 Å². The Balaban J connectivity index is 1.61. The summed E-state index contributed by atoms with van der Waals surface area (Å²) in [5.74, 6) is 0.833. The highest BCUT2D eigenvalue weighted by molar-refractivity contribution is 5.82. The van der Waals surface area contributed by atoms with Gasteiger partial charge in [0, 0.05) is 45.4 Å². The number of carbonyl (C=O) groups excluding carboxylic acids is 2. The SMILES string of the molecule is COCC(=O)N[C@@H]1C[C@H](COc2ccccc2)C[C@H]1C(=O)N1CCN(C(C)C)CC1. The van der Waals surface area contributed by atoms with Crippen molar-refractivity contribution in [3.8, 4) is 5.75 Å². The van der Waals surface area contributed by atoms with E-state index in [4.69, 9.17) is 9.47 Å². The minimum absolute atomic E-state index is 0.00958. The van der Waals surface area contributed by atoms with Crippen molar-refractivity contribution in [2.45, 2.75) is 38.8 Å². The molecule has 2 amide bonds. The van der Waals surface area contributed by atoms with Gasteiger partial charge in [0.25, 0.3) is 0 Å². The van der Waals surface area contributed by atoms with E-state index in [0.29, 0.717) is 12.6 Å². The molecule has 1 heterocycles. The Morgan fingerprint density at radius 1 is 1.10 bits per heavy atom.